The maximum Gasteiger partial charge on any atom is 0.307 e. The van der Waals surface area contributed by atoms with Crippen LogP contribution in [0.15, 0.2) is 11.3 Å². The first-order chi connectivity index (χ1) is 6.66. The summed E-state index contributed by atoms with van der Waals surface area (Å²) in [6.07, 6.45) is 0.263. The highest BCUT2D eigenvalue weighted by Gasteiger charge is 2.31. The lowest BCUT2D eigenvalue weighted by Gasteiger charge is -2.16. The van der Waals surface area contributed by atoms with Crippen molar-refractivity contribution in [2.45, 2.75) is 46.6 Å². The predicted molar refractivity (Wildman–Crippen MR) is 55.8 cm³/mol. The Morgan fingerprint density at radius 2 is 1.80 bits per heavy atom. The van der Waals surface area contributed by atoms with E-state index in [2.05, 4.69) is 0 Å². The Kier molecular flexibility index (Phi) is 4.45. The third-order valence-electron chi connectivity index (χ3n) is 2.09. The van der Waals surface area contributed by atoms with Gasteiger partial charge in [0.2, 0.25) is 5.54 Å². The van der Waals surface area contributed by atoms with Crippen LogP contribution in [-0.2, 0) is 9.53 Å². The second-order valence-corrected chi connectivity index (χ2v) is 4.18. The number of nitrogens with zero attached hydrogens (tertiary/aromatic N) is 1. The van der Waals surface area contributed by atoms with Gasteiger partial charge >= 0.3 is 5.97 Å². The first kappa shape index (κ1) is 13.6. The number of carbonyl (C=O) groups excluding carboxylic acids is 1. The van der Waals surface area contributed by atoms with Gasteiger partial charge in [-0.3, -0.25) is 14.9 Å². The van der Waals surface area contributed by atoms with Crippen LogP contribution in [0, 0.1) is 10.1 Å². The van der Waals surface area contributed by atoms with Crippen LogP contribution >= 0.6 is 0 Å². The van der Waals surface area contributed by atoms with Gasteiger partial charge in [0, 0.05) is 32.1 Å². The molecule has 0 aliphatic heterocycles. The highest BCUT2D eigenvalue weighted by atomic mass is 16.6. The van der Waals surface area contributed by atoms with Crippen LogP contribution in [0.5, 0.6) is 0 Å². The number of hydrogen-bond donors (Lipinski definition) is 0. The van der Waals surface area contributed by atoms with Gasteiger partial charge < -0.3 is 4.74 Å². The molecule has 5 heteroatoms. The van der Waals surface area contributed by atoms with Gasteiger partial charge in [-0.15, -0.1) is 0 Å². The average molecular weight is 215 g/mol. The van der Waals surface area contributed by atoms with Crippen molar-refractivity contribution < 1.29 is 14.5 Å². The van der Waals surface area contributed by atoms with Crippen LogP contribution in [0.2, 0.25) is 0 Å². The molecule has 0 heterocycles. The summed E-state index contributed by atoms with van der Waals surface area (Å²) in [4.78, 5) is 21.0. The fraction of sp³-hybridized carbons (Fsp3) is 0.700. The lowest BCUT2D eigenvalue weighted by atomic mass is 9.96. The molecule has 15 heavy (non-hydrogen) atoms. The first-order valence-electron chi connectivity index (χ1n) is 4.66. The number of rotatable bonds is 4. The maximum atomic E-state index is 10.7. The molecule has 0 aliphatic rings. The second kappa shape index (κ2) is 4.91. The molecule has 5 nitrogen and oxygen atoms in total. The van der Waals surface area contributed by atoms with E-state index in [1.165, 1.54) is 20.8 Å². The highest BCUT2D eigenvalue weighted by molar-refractivity contribution is 5.67. The molecule has 0 rings (SSSR count). The van der Waals surface area contributed by atoms with Gasteiger partial charge in [-0.05, 0) is 19.4 Å². The monoisotopic (exact) mass is 215 g/mol. The smallest absolute Gasteiger partial charge is 0.307 e. The van der Waals surface area contributed by atoms with Crippen molar-refractivity contribution >= 4 is 5.97 Å². The normalized spacial score (nSPS) is 13.1. The largest absolute Gasteiger partial charge is 0.432 e. The van der Waals surface area contributed by atoms with E-state index in [0.717, 1.165) is 0 Å². The molecule has 0 unspecified atom stereocenters. The van der Waals surface area contributed by atoms with E-state index in [4.69, 9.17) is 4.74 Å². The van der Waals surface area contributed by atoms with Crippen LogP contribution in [0.1, 0.15) is 41.0 Å². The first-order valence-corrected chi connectivity index (χ1v) is 4.66. The lowest BCUT2D eigenvalue weighted by Crippen LogP contribution is -2.31. The number of hydrogen-bond acceptors (Lipinski definition) is 4. The topological polar surface area (TPSA) is 69.4 Å². The van der Waals surface area contributed by atoms with E-state index in [9.17, 15) is 14.9 Å². The number of ether oxygens (including phenoxy) is 1. The van der Waals surface area contributed by atoms with Gasteiger partial charge in [-0.1, -0.05) is 0 Å². The summed E-state index contributed by atoms with van der Waals surface area (Å²) in [6.45, 7) is 7.74. The number of nitro groups is 1. The van der Waals surface area contributed by atoms with Gasteiger partial charge in [-0.25, -0.2) is 0 Å². The Morgan fingerprint density at radius 1 is 1.33 bits per heavy atom. The summed E-state index contributed by atoms with van der Waals surface area (Å²) in [7, 11) is 0. The molecule has 0 atom stereocenters. The van der Waals surface area contributed by atoms with E-state index in [1.807, 2.05) is 0 Å². The van der Waals surface area contributed by atoms with Gasteiger partial charge in [0.15, 0.2) is 0 Å². The van der Waals surface area contributed by atoms with E-state index in [0.29, 0.717) is 11.3 Å². The third kappa shape index (κ3) is 4.58. The second-order valence-electron chi connectivity index (χ2n) is 4.18. The highest BCUT2D eigenvalue weighted by Crippen LogP contribution is 2.21. The molecule has 0 fully saturated rings. The number of carbonyl (C=O) groups is 1. The number of esters is 1. The van der Waals surface area contributed by atoms with Crippen LogP contribution in [0.3, 0.4) is 0 Å². The minimum atomic E-state index is -1.04. The average Bonchev–Trinajstić information content (AvgIpc) is 2.01. The Bertz CT molecular complexity index is 305. The van der Waals surface area contributed by atoms with Gasteiger partial charge in [0.25, 0.3) is 0 Å². The van der Waals surface area contributed by atoms with Gasteiger partial charge in [0.1, 0.15) is 5.76 Å². The summed E-state index contributed by atoms with van der Waals surface area (Å²) in [5.74, 6) is 0.0307. The number of allylic oxidation sites excluding steroid dienone is 1. The zero-order valence-corrected chi connectivity index (χ0v) is 9.79. The molecule has 0 saturated heterocycles. The third-order valence-corrected chi connectivity index (χ3v) is 2.09. The van der Waals surface area contributed by atoms with Crippen LogP contribution in [0.4, 0.5) is 0 Å². The van der Waals surface area contributed by atoms with Gasteiger partial charge in [-0.2, -0.15) is 0 Å². The summed E-state index contributed by atoms with van der Waals surface area (Å²) in [5.41, 5.74) is -0.321. The summed E-state index contributed by atoms with van der Waals surface area (Å²) in [6, 6.07) is 0. The summed E-state index contributed by atoms with van der Waals surface area (Å²) >= 11 is 0. The molecule has 0 aromatic heterocycles. The van der Waals surface area contributed by atoms with Gasteiger partial charge in [0.05, 0.1) is 0 Å². The molecule has 0 bridgehead atoms. The SMILES string of the molecule is CC(=O)O/C(C)=C(\C)CC(C)(C)[N+](=O)[O-]. The molecule has 0 amide bonds. The van der Waals surface area contributed by atoms with Crippen molar-refractivity contribution in [3.8, 4) is 0 Å². The van der Waals surface area contributed by atoms with Crippen molar-refractivity contribution in [2.24, 2.45) is 0 Å². The molecule has 0 spiro atoms. The molecular weight excluding hydrogens is 198 g/mol. The molecule has 0 aliphatic carbocycles. The Balaban J connectivity index is 4.66. The van der Waals surface area contributed by atoms with Crippen molar-refractivity contribution in [3.05, 3.63) is 21.4 Å². The minimum Gasteiger partial charge on any atom is -0.432 e. The van der Waals surface area contributed by atoms with Crippen LogP contribution in [0.25, 0.3) is 0 Å². The van der Waals surface area contributed by atoms with Crippen molar-refractivity contribution in [1.29, 1.82) is 0 Å². The van der Waals surface area contributed by atoms with E-state index in [1.54, 1.807) is 13.8 Å². The molecule has 0 saturated carbocycles. The Morgan fingerprint density at radius 3 is 2.13 bits per heavy atom. The zero-order chi connectivity index (χ0) is 12.2. The fourth-order valence-corrected chi connectivity index (χ4v) is 1.14. The maximum absolute atomic E-state index is 10.7. The molecule has 0 aromatic rings. The fourth-order valence-electron chi connectivity index (χ4n) is 1.14. The van der Waals surface area contributed by atoms with Crippen molar-refractivity contribution in [1.82, 2.24) is 0 Å². The molecular formula is C10H17NO4. The predicted octanol–water partition coefficient (Wildman–Crippen LogP) is 2.29. The Labute approximate surface area is 89.3 Å². The van der Waals surface area contributed by atoms with Crippen molar-refractivity contribution in [2.75, 3.05) is 0 Å². The van der Waals surface area contributed by atoms with Crippen molar-refractivity contribution in [3.63, 3.8) is 0 Å². The molecule has 0 aromatic carbocycles. The summed E-state index contributed by atoms with van der Waals surface area (Å²) in [5, 5.41) is 10.7. The molecule has 0 radical (unpaired) electrons. The van der Waals surface area contributed by atoms with Crippen LogP contribution in [-0.4, -0.2) is 16.4 Å². The van der Waals surface area contributed by atoms with Crippen LogP contribution < -0.4 is 0 Å². The zero-order valence-electron chi connectivity index (χ0n) is 9.79. The van der Waals surface area contributed by atoms with E-state index in [-0.39, 0.29) is 11.3 Å². The quantitative estimate of drug-likeness (QED) is 0.312. The molecule has 0 N–H and O–H groups in total. The minimum absolute atomic E-state index is 0.263. The van der Waals surface area contributed by atoms with E-state index < -0.39 is 11.5 Å². The summed E-state index contributed by atoms with van der Waals surface area (Å²) < 4.78 is 4.86. The Hall–Kier alpha value is -1.39. The van der Waals surface area contributed by atoms with E-state index >= 15 is 0 Å². The standard InChI is InChI=1S/C10H17NO4/c1-7(8(2)15-9(3)12)6-10(4,5)11(13)14/h6H2,1-5H3/b8-7+. The molecule has 86 valence electrons. The lowest BCUT2D eigenvalue weighted by molar-refractivity contribution is -0.559.